The predicted molar refractivity (Wildman–Crippen MR) is 95.9 cm³/mol. The average molecular weight is 328 g/mol. The van der Waals surface area contributed by atoms with E-state index >= 15 is 0 Å². The highest BCUT2D eigenvalue weighted by molar-refractivity contribution is 7.17. The second-order valence-corrected chi connectivity index (χ2v) is 6.56. The van der Waals surface area contributed by atoms with Crippen LogP contribution in [0, 0.1) is 0 Å². The van der Waals surface area contributed by atoms with E-state index in [1.54, 1.807) is 17.7 Å². The van der Waals surface area contributed by atoms with Gasteiger partial charge < -0.3 is 15.3 Å². The molecule has 6 heteroatoms. The Morgan fingerprint density at radius 3 is 2.70 bits per heavy atom. The highest BCUT2D eigenvalue weighted by atomic mass is 32.1. The summed E-state index contributed by atoms with van der Waals surface area (Å²) < 4.78 is 0. The Kier molecular flexibility index (Phi) is 4.85. The zero-order valence-corrected chi connectivity index (χ0v) is 14.0. The number of rotatable bonds is 6. The molecular weight excluding hydrogens is 308 g/mol. The molecule has 3 rings (SSSR count). The number of nitrogens with zero attached hydrogens (tertiary/aromatic N) is 3. The van der Waals surface area contributed by atoms with Crippen LogP contribution in [0.1, 0.15) is 0 Å². The maximum atomic E-state index is 9.62. The van der Waals surface area contributed by atoms with E-state index in [0.717, 1.165) is 33.7 Å². The molecule has 0 aliphatic carbocycles. The highest BCUT2D eigenvalue weighted by Gasteiger charge is 2.16. The van der Waals surface area contributed by atoms with Crippen molar-refractivity contribution in [1.82, 2.24) is 14.9 Å². The Balaban J connectivity index is 2.02. The number of thiophene rings is 1. The largest absolute Gasteiger partial charge is 0.394 e. The van der Waals surface area contributed by atoms with Gasteiger partial charge in [0.1, 0.15) is 17.0 Å². The molecule has 1 aromatic carbocycles. The first-order valence-corrected chi connectivity index (χ1v) is 8.36. The number of likely N-dealkylation sites (N-methyl/N-ethyl adjacent to an activating group) is 1. The van der Waals surface area contributed by atoms with Crippen molar-refractivity contribution >= 4 is 27.4 Å². The molecule has 0 unspecified atom stereocenters. The molecule has 0 bridgehead atoms. The number of fused-ring (bicyclic) bond motifs is 1. The van der Waals surface area contributed by atoms with Crippen LogP contribution >= 0.6 is 11.3 Å². The predicted octanol–water partition coefficient (Wildman–Crippen LogP) is 2.69. The molecule has 2 heterocycles. The van der Waals surface area contributed by atoms with E-state index in [9.17, 15) is 5.11 Å². The van der Waals surface area contributed by atoms with Crippen LogP contribution in [0.2, 0.25) is 0 Å². The average Bonchev–Trinajstić information content (AvgIpc) is 2.99. The van der Waals surface area contributed by atoms with Crippen LogP contribution in [0.3, 0.4) is 0 Å². The van der Waals surface area contributed by atoms with Gasteiger partial charge in [0.05, 0.1) is 18.0 Å². The van der Waals surface area contributed by atoms with E-state index < -0.39 is 0 Å². The zero-order valence-electron chi connectivity index (χ0n) is 13.2. The van der Waals surface area contributed by atoms with E-state index in [1.807, 2.05) is 37.2 Å². The van der Waals surface area contributed by atoms with Crippen LogP contribution < -0.4 is 5.32 Å². The minimum absolute atomic E-state index is 0.0501. The van der Waals surface area contributed by atoms with Gasteiger partial charge in [0.15, 0.2) is 0 Å². The van der Waals surface area contributed by atoms with Crippen LogP contribution in [-0.4, -0.2) is 53.3 Å². The fraction of sp³-hybridized carbons (Fsp3) is 0.294. The number of anilines is 1. The molecule has 3 aromatic rings. The van der Waals surface area contributed by atoms with Gasteiger partial charge >= 0.3 is 0 Å². The van der Waals surface area contributed by atoms with Crippen LogP contribution in [0.5, 0.6) is 0 Å². The van der Waals surface area contributed by atoms with Gasteiger partial charge in [-0.25, -0.2) is 9.97 Å². The number of aliphatic hydroxyl groups excluding tert-OH is 1. The number of hydrogen-bond donors (Lipinski definition) is 2. The van der Waals surface area contributed by atoms with Crippen LogP contribution in [0.4, 0.5) is 5.82 Å². The van der Waals surface area contributed by atoms with E-state index in [2.05, 4.69) is 32.8 Å². The zero-order chi connectivity index (χ0) is 16.2. The maximum Gasteiger partial charge on any atom is 0.139 e. The first-order chi connectivity index (χ1) is 11.2. The van der Waals surface area contributed by atoms with Gasteiger partial charge in [-0.15, -0.1) is 11.3 Å². The van der Waals surface area contributed by atoms with E-state index in [4.69, 9.17) is 0 Å². The van der Waals surface area contributed by atoms with Crippen molar-refractivity contribution in [3.8, 4) is 11.1 Å². The third-order valence-electron chi connectivity index (χ3n) is 3.60. The molecular formula is C17H20N4OS. The van der Waals surface area contributed by atoms with Gasteiger partial charge in [-0.2, -0.15) is 0 Å². The van der Waals surface area contributed by atoms with Gasteiger partial charge in [0, 0.05) is 17.5 Å². The molecule has 5 nitrogen and oxygen atoms in total. The molecule has 120 valence electrons. The lowest BCUT2D eigenvalue weighted by Gasteiger charge is -2.21. The van der Waals surface area contributed by atoms with Crippen molar-refractivity contribution in [2.45, 2.75) is 6.04 Å². The second kappa shape index (κ2) is 7.04. The molecule has 0 aliphatic heterocycles. The maximum absolute atomic E-state index is 9.62. The number of nitrogens with one attached hydrogen (secondary N) is 1. The third kappa shape index (κ3) is 3.50. The van der Waals surface area contributed by atoms with Crippen molar-refractivity contribution in [2.75, 3.05) is 32.6 Å². The summed E-state index contributed by atoms with van der Waals surface area (Å²) in [6.45, 7) is 0.779. The molecule has 0 aliphatic rings. The number of aliphatic hydroxyl groups is 1. The molecule has 0 spiro atoms. The van der Waals surface area contributed by atoms with Crippen LogP contribution in [0.25, 0.3) is 21.3 Å². The first-order valence-electron chi connectivity index (χ1n) is 7.48. The van der Waals surface area contributed by atoms with Crippen LogP contribution in [0.15, 0.2) is 42.0 Å². The minimum Gasteiger partial charge on any atom is -0.394 e. The van der Waals surface area contributed by atoms with Gasteiger partial charge in [0.2, 0.25) is 0 Å². The van der Waals surface area contributed by atoms with Gasteiger partial charge in [-0.05, 0) is 19.7 Å². The lowest BCUT2D eigenvalue weighted by molar-refractivity contribution is 0.245. The molecule has 1 atom stereocenters. The number of hydrogen-bond acceptors (Lipinski definition) is 6. The van der Waals surface area contributed by atoms with Crippen molar-refractivity contribution in [2.24, 2.45) is 0 Å². The normalized spacial score (nSPS) is 12.7. The molecule has 0 radical (unpaired) electrons. The topological polar surface area (TPSA) is 61.3 Å². The quantitative estimate of drug-likeness (QED) is 0.728. The van der Waals surface area contributed by atoms with Crippen LogP contribution in [-0.2, 0) is 0 Å². The Bertz CT molecular complexity index is 773. The van der Waals surface area contributed by atoms with Gasteiger partial charge in [0.25, 0.3) is 0 Å². The lowest BCUT2D eigenvalue weighted by Crippen LogP contribution is -2.35. The summed E-state index contributed by atoms with van der Waals surface area (Å²) in [5.74, 6) is 0.774. The number of benzene rings is 1. The monoisotopic (exact) mass is 328 g/mol. The van der Waals surface area contributed by atoms with Crippen molar-refractivity contribution in [1.29, 1.82) is 0 Å². The van der Waals surface area contributed by atoms with E-state index in [1.165, 1.54) is 0 Å². The van der Waals surface area contributed by atoms with Crippen molar-refractivity contribution in [3.05, 3.63) is 42.0 Å². The molecule has 23 heavy (non-hydrogen) atoms. The fourth-order valence-electron chi connectivity index (χ4n) is 2.60. The minimum atomic E-state index is -0.0772. The Labute approximate surface area is 139 Å². The standard InChI is InChI=1S/C17H20N4OS/c1-21(2)8-13(9-22)20-16-15-14(12-6-4-3-5-7-12)10-23-17(15)19-11-18-16/h3-7,10-11,13,22H,8-9H2,1-2H3,(H,18,19,20)/t13-/m0/s1. The smallest absolute Gasteiger partial charge is 0.139 e. The summed E-state index contributed by atoms with van der Waals surface area (Å²) in [5.41, 5.74) is 2.26. The molecule has 2 aromatic heterocycles. The lowest BCUT2D eigenvalue weighted by atomic mass is 10.1. The van der Waals surface area contributed by atoms with Gasteiger partial charge in [-0.3, -0.25) is 0 Å². The second-order valence-electron chi connectivity index (χ2n) is 5.70. The first kappa shape index (κ1) is 15.9. The molecule has 0 saturated carbocycles. The van der Waals surface area contributed by atoms with Gasteiger partial charge in [-0.1, -0.05) is 30.3 Å². The molecule has 0 amide bonds. The van der Waals surface area contributed by atoms with Crippen molar-refractivity contribution < 1.29 is 5.11 Å². The fourth-order valence-corrected chi connectivity index (χ4v) is 3.51. The Morgan fingerprint density at radius 1 is 1.22 bits per heavy atom. The third-order valence-corrected chi connectivity index (χ3v) is 4.49. The molecule has 2 N–H and O–H groups in total. The summed E-state index contributed by atoms with van der Waals surface area (Å²) >= 11 is 1.61. The Morgan fingerprint density at radius 2 is 2.00 bits per heavy atom. The number of aromatic nitrogens is 2. The Hall–Kier alpha value is -2.02. The van der Waals surface area contributed by atoms with Crippen molar-refractivity contribution in [3.63, 3.8) is 0 Å². The summed E-state index contributed by atoms with van der Waals surface area (Å²) in [6, 6.07) is 10.2. The summed E-state index contributed by atoms with van der Waals surface area (Å²) in [5, 5.41) is 16.1. The SMILES string of the molecule is CN(C)C[C@@H](CO)Nc1ncnc2scc(-c3ccccc3)c12. The molecule has 0 fully saturated rings. The highest BCUT2D eigenvalue weighted by Crippen LogP contribution is 2.36. The summed E-state index contributed by atoms with van der Waals surface area (Å²) in [6.07, 6.45) is 1.57. The van der Waals surface area contributed by atoms with E-state index in [0.29, 0.717) is 0 Å². The summed E-state index contributed by atoms with van der Waals surface area (Å²) in [4.78, 5) is 11.8. The van der Waals surface area contributed by atoms with E-state index in [-0.39, 0.29) is 12.6 Å². The molecule has 0 saturated heterocycles. The summed E-state index contributed by atoms with van der Waals surface area (Å²) in [7, 11) is 3.97.